The van der Waals surface area contributed by atoms with Crippen LogP contribution >= 0.6 is 0 Å². The highest BCUT2D eigenvalue weighted by Gasteiger charge is 2.25. The first kappa shape index (κ1) is 17.7. The van der Waals surface area contributed by atoms with Crippen LogP contribution in [0.1, 0.15) is 35.1 Å². The summed E-state index contributed by atoms with van der Waals surface area (Å²) in [5, 5.41) is 2.61. The van der Waals surface area contributed by atoms with Gasteiger partial charge in [0.2, 0.25) is 0 Å². The number of hydrogen-bond donors (Lipinski definition) is 0. The highest BCUT2D eigenvalue weighted by atomic mass is 14.3. The third kappa shape index (κ3) is 3.02. The normalized spacial score (nSPS) is 15.5. The van der Waals surface area contributed by atoms with Crippen molar-refractivity contribution in [2.24, 2.45) is 0 Å². The minimum atomic E-state index is 0.208. The van der Waals surface area contributed by atoms with Crippen molar-refractivity contribution in [2.45, 2.75) is 19.3 Å². The van der Waals surface area contributed by atoms with Gasteiger partial charge >= 0.3 is 0 Å². The minimum Gasteiger partial charge on any atom is -0.0949 e. The van der Waals surface area contributed by atoms with Crippen molar-refractivity contribution in [3.63, 3.8) is 0 Å². The van der Waals surface area contributed by atoms with Gasteiger partial charge in [0, 0.05) is 5.92 Å². The molecule has 4 aromatic rings. The molecule has 0 heteroatoms. The fourth-order valence-electron chi connectivity index (χ4n) is 4.61. The highest BCUT2D eigenvalue weighted by molar-refractivity contribution is 5.94. The lowest BCUT2D eigenvalue weighted by atomic mass is 9.76. The maximum absolute atomic E-state index is 4.42. The number of fused-ring (bicyclic) bond motifs is 3. The molecule has 0 fully saturated rings. The van der Waals surface area contributed by atoms with E-state index in [0.717, 1.165) is 12.0 Å². The number of allylic oxidation sites excluding steroid dienone is 2. The number of aryl methyl sites for hydroxylation is 1. The molecule has 0 spiro atoms. The summed E-state index contributed by atoms with van der Waals surface area (Å²) in [4.78, 5) is 0. The van der Waals surface area contributed by atoms with Crippen LogP contribution in [0.4, 0.5) is 0 Å². The summed E-state index contributed by atoms with van der Waals surface area (Å²) in [6.07, 6.45) is 5.44. The lowest BCUT2D eigenvalue weighted by Gasteiger charge is -2.27. The Balaban J connectivity index is 1.67. The molecule has 0 N–H and O–H groups in total. The van der Waals surface area contributed by atoms with Crippen molar-refractivity contribution in [2.75, 3.05) is 0 Å². The number of hydrogen-bond acceptors (Lipinski definition) is 0. The first-order chi connectivity index (χ1) is 14.3. The van der Waals surface area contributed by atoms with Crippen molar-refractivity contribution in [1.82, 2.24) is 0 Å². The molecule has 1 atom stereocenters. The van der Waals surface area contributed by atoms with Gasteiger partial charge in [0.1, 0.15) is 0 Å². The van der Waals surface area contributed by atoms with Gasteiger partial charge in [0.15, 0.2) is 0 Å². The summed E-state index contributed by atoms with van der Waals surface area (Å²) < 4.78 is 0. The molecule has 1 unspecified atom stereocenters. The minimum absolute atomic E-state index is 0.208. The van der Waals surface area contributed by atoms with Crippen LogP contribution in [0, 0.1) is 0 Å². The Morgan fingerprint density at radius 1 is 0.724 bits per heavy atom. The van der Waals surface area contributed by atoms with Crippen molar-refractivity contribution < 1.29 is 0 Å². The third-order valence-electron chi connectivity index (χ3n) is 6.09. The van der Waals surface area contributed by atoms with Gasteiger partial charge in [-0.1, -0.05) is 111 Å². The molecule has 0 amide bonds. The summed E-state index contributed by atoms with van der Waals surface area (Å²) in [5.74, 6) is 0.208. The van der Waals surface area contributed by atoms with Gasteiger partial charge in [-0.2, -0.15) is 0 Å². The predicted molar refractivity (Wildman–Crippen MR) is 125 cm³/mol. The van der Waals surface area contributed by atoms with E-state index in [1.165, 1.54) is 44.2 Å². The second-order valence-electron chi connectivity index (χ2n) is 7.76. The Morgan fingerprint density at radius 2 is 1.48 bits per heavy atom. The smallest absolute Gasteiger partial charge is 0.0343 e. The fourth-order valence-corrected chi connectivity index (χ4v) is 4.61. The molecule has 0 radical (unpaired) electrons. The maximum atomic E-state index is 4.42. The van der Waals surface area contributed by atoms with Gasteiger partial charge in [-0.15, -0.1) is 0 Å². The maximum Gasteiger partial charge on any atom is 0.0343 e. The van der Waals surface area contributed by atoms with Crippen molar-refractivity contribution in [1.29, 1.82) is 0 Å². The van der Waals surface area contributed by atoms with E-state index < -0.39 is 0 Å². The average molecular weight is 373 g/mol. The standard InChI is InChI=1S/C29H24/c1-3-21-19-24(22-9-5-4-6-10-22)15-17-26(21)29-20(2)13-16-27-25-12-8-7-11-23(25)14-18-28(27)29/h4-19,29H,2-3H2,1H3. The van der Waals surface area contributed by atoms with Gasteiger partial charge in [-0.3, -0.25) is 0 Å². The molecule has 1 aliphatic carbocycles. The van der Waals surface area contributed by atoms with Crippen LogP contribution in [0.2, 0.25) is 0 Å². The van der Waals surface area contributed by atoms with Gasteiger partial charge in [-0.05, 0) is 56.1 Å². The van der Waals surface area contributed by atoms with Crippen LogP contribution in [0.5, 0.6) is 0 Å². The molecule has 0 bridgehead atoms. The largest absolute Gasteiger partial charge is 0.0949 e. The van der Waals surface area contributed by atoms with E-state index in [1.807, 2.05) is 0 Å². The highest BCUT2D eigenvalue weighted by Crippen LogP contribution is 2.42. The van der Waals surface area contributed by atoms with Crippen LogP contribution in [-0.4, -0.2) is 0 Å². The molecule has 4 aromatic carbocycles. The quantitative estimate of drug-likeness (QED) is 0.344. The lowest BCUT2D eigenvalue weighted by Crippen LogP contribution is -2.11. The lowest BCUT2D eigenvalue weighted by molar-refractivity contribution is 0.936. The van der Waals surface area contributed by atoms with Crippen LogP contribution in [-0.2, 0) is 6.42 Å². The summed E-state index contributed by atoms with van der Waals surface area (Å²) >= 11 is 0. The van der Waals surface area contributed by atoms with E-state index >= 15 is 0 Å². The topological polar surface area (TPSA) is 0 Å². The Hall–Kier alpha value is -3.38. The Bertz CT molecular complexity index is 1240. The Labute approximate surface area is 172 Å². The molecule has 1 aliphatic rings. The summed E-state index contributed by atoms with van der Waals surface area (Å²) in [5.41, 5.74) is 9.16. The summed E-state index contributed by atoms with van der Waals surface area (Å²) in [7, 11) is 0. The van der Waals surface area contributed by atoms with Crippen molar-refractivity contribution >= 4 is 16.8 Å². The van der Waals surface area contributed by atoms with E-state index in [1.54, 1.807) is 0 Å². The monoisotopic (exact) mass is 372 g/mol. The van der Waals surface area contributed by atoms with Gasteiger partial charge in [-0.25, -0.2) is 0 Å². The zero-order valence-corrected chi connectivity index (χ0v) is 16.7. The molecular formula is C29H24. The fraction of sp³-hybridized carbons (Fsp3) is 0.103. The molecule has 140 valence electrons. The molecule has 0 aromatic heterocycles. The van der Waals surface area contributed by atoms with Crippen LogP contribution in [0.15, 0.2) is 103 Å². The Kier molecular flexibility index (Phi) is 4.41. The molecule has 0 heterocycles. The number of benzene rings is 4. The zero-order valence-electron chi connectivity index (χ0n) is 16.7. The number of rotatable bonds is 3. The predicted octanol–water partition coefficient (Wildman–Crippen LogP) is 7.78. The van der Waals surface area contributed by atoms with E-state index in [-0.39, 0.29) is 5.92 Å². The Morgan fingerprint density at radius 3 is 2.31 bits per heavy atom. The van der Waals surface area contributed by atoms with Crippen molar-refractivity contribution in [3.8, 4) is 11.1 Å². The van der Waals surface area contributed by atoms with E-state index in [2.05, 4.69) is 111 Å². The summed E-state index contributed by atoms with van der Waals surface area (Å²) in [6, 6.07) is 30.7. The molecule has 0 saturated heterocycles. The van der Waals surface area contributed by atoms with Gasteiger partial charge in [0.05, 0.1) is 0 Å². The average Bonchev–Trinajstić information content (AvgIpc) is 2.79. The molecule has 0 nitrogen and oxygen atoms in total. The second-order valence-corrected chi connectivity index (χ2v) is 7.76. The van der Waals surface area contributed by atoms with Gasteiger partial charge < -0.3 is 0 Å². The van der Waals surface area contributed by atoms with Crippen LogP contribution in [0.3, 0.4) is 0 Å². The van der Waals surface area contributed by atoms with Gasteiger partial charge in [0.25, 0.3) is 0 Å². The van der Waals surface area contributed by atoms with Crippen LogP contribution < -0.4 is 0 Å². The zero-order chi connectivity index (χ0) is 19.8. The molecule has 0 saturated carbocycles. The molecular weight excluding hydrogens is 348 g/mol. The molecule has 29 heavy (non-hydrogen) atoms. The van der Waals surface area contributed by atoms with E-state index in [4.69, 9.17) is 0 Å². The van der Waals surface area contributed by atoms with E-state index in [0.29, 0.717) is 0 Å². The van der Waals surface area contributed by atoms with Crippen LogP contribution in [0.25, 0.3) is 28.0 Å². The molecule has 5 rings (SSSR count). The first-order valence-corrected chi connectivity index (χ1v) is 10.3. The van der Waals surface area contributed by atoms with Crippen molar-refractivity contribution in [3.05, 3.63) is 125 Å². The molecule has 0 aliphatic heterocycles. The first-order valence-electron chi connectivity index (χ1n) is 10.3. The second kappa shape index (κ2) is 7.22. The van der Waals surface area contributed by atoms with E-state index in [9.17, 15) is 0 Å². The summed E-state index contributed by atoms with van der Waals surface area (Å²) in [6.45, 7) is 6.67. The SMILES string of the molecule is C=C1C=Cc2c(ccc3ccccc23)C1c1ccc(-c2ccccc2)cc1CC. The third-order valence-corrected chi connectivity index (χ3v) is 6.09.